The number of morpholine rings is 1. The zero-order valence-corrected chi connectivity index (χ0v) is 9.27. The van der Waals surface area contributed by atoms with Gasteiger partial charge in [-0.05, 0) is 24.6 Å². The summed E-state index contributed by atoms with van der Waals surface area (Å²) in [5.41, 5.74) is 1.17. The van der Waals surface area contributed by atoms with E-state index in [1.807, 2.05) is 0 Å². The summed E-state index contributed by atoms with van der Waals surface area (Å²) in [6.45, 7) is 3.64. The van der Waals surface area contributed by atoms with E-state index in [-0.39, 0.29) is 11.9 Å². The molecule has 1 heterocycles. The first-order valence-corrected chi connectivity index (χ1v) is 5.33. The van der Waals surface area contributed by atoms with Crippen LogP contribution in [0.1, 0.15) is 17.2 Å². The topological polar surface area (TPSA) is 21.3 Å². The fraction of sp³-hybridized carbons (Fsp3) is 0.455. The Balaban J connectivity index is 2.33. The normalized spacial score (nSPS) is 21.7. The van der Waals surface area contributed by atoms with Gasteiger partial charge in [0.2, 0.25) is 0 Å². The SMILES string of the molecule is Cc1cc(Cl)cc(C2COCCN2)c1F. The van der Waals surface area contributed by atoms with Crippen molar-refractivity contribution in [1.82, 2.24) is 5.32 Å². The molecule has 1 aliphatic rings. The van der Waals surface area contributed by atoms with Gasteiger partial charge in [0.15, 0.2) is 0 Å². The maximum Gasteiger partial charge on any atom is 0.131 e. The fourth-order valence-corrected chi connectivity index (χ4v) is 2.05. The summed E-state index contributed by atoms with van der Waals surface area (Å²) in [5.74, 6) is -0.192. The van der Waals surface area contributed by atoms with Gasteiger partial charge in [-0.2, -0.15) is 0 Å². The maximum absolute atomic E-state index is 13.8. The van der Waals surface area contributed by atoms with Crippen molar-refractivity contribution in [3.63, 3.8) is 0 Å². The van der Waals surface area contributed by atoms with Crippen LogP contribution < -0.4 is 5.32 Å². The summed E-state index contributed by atoms with van der Waals surface area (Å²) in [6, 6.07) is 3.21. The van der Waals surface area contributed by atoms with Crippen molar-refractivity contribution in [1.29, 1.82) is 0 Å². The second-order valence-corrected chi connectivity index (χ2v) is 4.14. The maximum atomic E-state index is 13.8. The quantitative estimate of drug-likeness (QED) is 0.799. The van der Waals surface area contributed by atoms with E-state index in [2.05, 4.69) is 5.32 Å². The molecule has 1 atom stereocenters. The predicted octanol–water partition coefficient (Wildman–Crippen LogP) is 2.45. The molecule has 0 aromatic heterocycles. The van der Waals surface area contributed by atoms with Gasteiger partial charge in [-0.25, -0.2) is 4.39 Å². The Labute approximate surface area is 93.4 Å². The second-order valence-electron chi connectivity index (χ2n) is 3.71. The Hall–Kier alpha value is -0.640. The molecule has 0 bridgehead atoms. The summed E-state index contributed by atoms with van der Waals surface area (Å²) in [4.78, 5) is 0. The van der Waals surface area contributed by atoms with Gasteiger partial charge < -0.3 is 10.1 Å². The number of hydrogen-bond donors (Lipinski definition) is 1. The van der Waals surface area contributed by atoms with E-state index in [0.29, 0.717) is 29.4 Å². The van der Waals surface area contributed by atoms with Crippen LogP contribution in [-0.2, 0) is 4.74 Å². The number of ether oxygens (including phenoxy) is 1. The van der Waals surface area contributed by atoms with Crippen LogP contribution in [0.3, 0.4) is 0 Å². The molecule has 2 rings (SSSR count). The molecule has 0 aliphatic carbocycles. The Kier molecular flexibility index (Phi) is 3.24. The van der Waals surface area contributed by atoms with E-state index in [0.717, 1.165) is 6.54 Å². The number of aryl methyl sites for hydroxylation is 1. The molecule has 1 aromatic rings. The minimum absolute atomic E-state index is 0.0869. The van der Waals surface area contributed by atoms with Crippen LogP contribution in [0.5, 0.6) is 0 Å². The van der Waals surface area contributed by atoms with Crippen LogP contribution in [0.4, 0.5) is 4.39 Å². The number of hydrogen-bond acceptors (Lipinski definition) is 2. The van der Waals surface area contributed by atoms with Crippen LogP contribution in [0.2, 0.25) is 5.02 Å². The highest BCUT2D eigenvalue weighted by Crippen LogP contribution is 2.25. The van der Waals surface area contributed by atoms with Crippen molar-refractivity contribution in [3.8, 4) is 0 Å². The van der Waals surface area contributed by atoms with Crippen molar-refractivity contribution in [2.75, 3.05) is 19.8 Å². The number of nitrogens with one attached hydrogen (secondary N) is 1. The molecule has 0 radical (unpaired) electrons. The molecular weight excluding hydrogens is 217 g/mol. The molecule has 15 heavy (non-hydrogen) atoms. The fourth-order valence-electron chi connectivity index (χ4n) is 1.77. The molecule has 4 heteroatoms. The Bertz CT molecular complexity index is 364. The molecule has 1 aliphatic heterocycles. The zero-order chi connectivity index (χ0) is 10.8. The molecule has 1 unspecified atom stereocenters. The molecular formula is C11H13ClFNO. The van der Waals surface area contributed by atoms with Crippen molar-refractivity contribution in [3.05, 3.63) is 34.1 Å². The molecule has 82 valence electrons. The highest BCUT2D eigenvalue weighted by atomic mass is 35.5. The molecule has 1 aromatic carbocycles. The molecule has 1 saturated heterocycles. The predicted molar refractivity (Wildman–Crippen MR) is 57.7 cm³/mol. The number of halogens is 2. The lowest BCUT2D eigenvalue weighted by molar-refractivity contribution is 0.0757. The Morgan fingerprint density at radius 3 is 3.00 bits per heavy atom. The third kappa shape index (κ3) is 2.30. The van der Waals surface area contributed by atoms with Gasteiger partial charge in [0.1, 0.15) is 5.82 Å². The smallest absolute Gasteiger partial charge is 0.131 e. The minimum atomic E-state index is -0.192. The average molecular weight is 230 g/mol. The molecule has 1 fully saturated rings. The standard InChI is InChI=1S/C11H13ClFNO/c1-7-4-8(12)5-9(11(7)13)10-6-15-3-2-14-10/h4-5,10,14H,2-3,6H2,1H3. The Morgan fingerprint density at radius 2 is 2.33 bits per heavy atom. The first kappa shape index (κ1) is 10.9. The van der Waals surface area contributed by atoms with Crippen molar-refractivity contribution < 1.29 is 9.13 Å². The highest BCUT2D eigenvalue weighted by Gasteiger charge is 2.20. The second kappa shape index (κ2) is 4.47. The molecule has 2 nitrogen and oxygen atoms in total. The minimum Gasteiger partial charge on any atom is -0.378 e. The summed E-state index contributed by atoms with van der Waals surface area (Å²) < 4.78 is 19.1. The lowest BCUT2D eigenvalue weighted by Crippen LogP contribution is -2.35. The van der Waals surface area contributed by atoms with Crippen LogP contribution in [0.25, 0.3) is 0 Å². The van der Waals surface area contributed by atoms with Gasteiger partial charge >= 0.3 is 0 Å². The van der Waals surface area contributed by atoms with Crippen molar-refractivity contribution >= 4 is 11.6 Å². The van der Waals surface area contributed by atoms with E-state index in [9.17, 15) is 4.39 Å². The number of benzene rings is 1. The van der Waals surface area contributed by atoms with Crippen LogP contribution in [-0.4, -0.2) is 19.8 Å². The van der Waals surface area contributed by atoms with Gasteiger partial charge in [0.25, 0.3) is 0 Å². The van der Waals surface area contributed by atoms with E-state index in [4.69, 9.17) is 16.3 Å². The van der Waals surface area contributed by atoms with Crippen LogP contribution >= 0.6 is 11.6 Å². The van der Waals surface area contributed by atoms with E-state index < -0.39 is 0 Å². The summed E-state index contributed by atoms with van der Waals surface area (Å²) >= 11 is 5.91. The van der Waals surface area contributed by atoms with Crippen molar-refractivity contribution in [2.24, 2.45) is 0 Å². The van der Waals surface area contributed by atoms with Crippen LogP contribution in [0.15, 0.2) is 12.1 Å². The van der Waals surface area contributed by atoms with Gasteiger partial charge in [0, 0.05) is 17.1 Å². The lowest BCUT2D eigenvalue weighted by Gasteiger charge is -2.25. The van der Waals surface area contributed by atoms with Gasteiger partial charge in [0.05, 0.1) is 19.3 Å². The average Bonchev–Trinajstić information content (AvgIpc) is 2.24. The first-order chi connectivity index (χ1) is 7.18. The third-order valence-electron chi connectivity index (χ3n) is 2.54. The van der Waals surface area contributed by atoms with E-state index in [1.54, 1.807) is 19.1 Å². The van der Waals surface area contributed by atoms with Crippen molar-refractivity contribution in [2.45, 2.75) is 13.0 Å². The molecule has 0 spiro atoms. The summed E-state index contributed by atoms with van der Waals surface area (Å²) in [7, 11) is 0. The van der Waals surface area contributed by atoms with E-state index in [1.165, 1.54) is 0 Å². The lowest BCUT2D eigenvalue weighted by atomic mass is 10.0. The summed E-state index contributed by atoms with van der Waals surface area (Å²) in [5, 5.41) is 3.77. The molecule has 0 saturated carbocycles. The molecule has 1 N–H and O–H groups in total. The summed E-state index contributed by atoms with van der Waals surface area (Å²) in [6.07, 6.45) is 0. The monoisotopic (exact) mass is 229 g/mol. The Morgan fingerprint density at radius 1 is 1.53 bits per heavy atom. The highest BCUT2D eigenvalue weighted by molar-refractivity contribution is 6.30. The van der Waals surface area contributed by atoms with Gasteiger partial charge in [-0.15, -0.1) is 0 Å². The van der Waals surface area contributed by atoms with Gasteiger partial charge in [-0.1, -0.05) is 11.6 Å². The van der Waals surface area contributed by atoms with Crippen LogP contribution in [0, 0.1) is 12.7 Å². The molecule has 0 amide bonds. The zero-order valence-electron chi connectivity index (χ0n) is 8.52. The van der Waals surface area contributed by atoms with E-state index >= 15 is 0 Å². The first-order valence-electron chi connectivity index (χ1n) is 4.95. The van der Waals surface area contributed by atoms with Gasteiger partial charge in [-0.3, -0.25) is 0 Å². The largest absolute Gasteiger partial charge is 0.378 e. The number of rotatable bonds is 1. The third-order valence-corrected chi connectivity index (χ3v) is 2.76.